The smallest absolute Gasteiger partial charge is 0.139 e. The Hall–Kier alpha value is -0.370. The third-order valence-corrected chi connectivity index (χ3v) is 4.29. The van der Waals surface area contributed by atoms with Gasteiger partial charge in [-0.3, -0.25) is 4.79 Å². The normalized spacial score (nSPS) is 50.2. The van der Waals surface area contributed by atoms with E-state index in [-0.39, 0.29) is 28.6 Å². The lowest BCUT2D eigenvalue weighted by Crippen LogP contribution is -2.28. The fraction of sp³-hybridized carbons (Fsp3) is 0.900. The monoisotopic (exact) mass is 168 g/mol. The Morgan fingerprint density at radius 1 is 1.42 bits per heavy atom. The highest BCUT2D eigenvalue weighted by molar-refractivity contribution is 5.87. The van der Waals surface area contributed by atoms with Gasteiger partial charge in [0.2, 0.25) is 0 Å². The van der Waals surface area contributed by atoms with Crippen LogP contribution in [-0.2, 0) is 4.79 Å². The molecule has 2 bridgehead atoms. The average Bonchev–Trinajstić information content (AvgIpc) is 2.07. The van der Waals surface area contributed by atoms with E-state index in [0.29, 0.717) is 6.42 Å². The summed E-state index contributed by atoms with van der Waals surface area (Å²) in [6.45, 7) is 6.35. The summed E-state index contributed by atoms with van der Waals surface area (Å²) in [6.07, 6.45) is 1.09. The lowest BCUT2D eigenvalue weighted by Gasteiger charge is -2.32. The maximum atomic E-state index is 11.5. The van der Waals surface area contributed by atoms with Gasteiger partial charge in [-0.25, -0.2) is 0 Å². The number of Topliss-reactive ketones (excluding diaryl/α,β-unsaturated/α-hetero) is 1. The summed E-state index contributed by atoms with van der Waals surface area (Å²) in [6, 6.07) is 0. The molecule has 3 atom stereocenters. The van der Waals surface area contributed by atoms with Gasteiger partial charge in [0.1, 0.15) is 5.78 Å². The van der Waals surface area contributed by atoms with Gasteiger partial charge in [0.15, 0.2) is 0 Å². The Kier molecular flexibility index (Phi) is 1.32. The second-order valence-electron chi connectivity index (χ2n) is 5.17. The molecule has 0 aromatic rings. The van der Waals surface area contributed by atoms with Gasteiger partial charge in [-0.2, -0.15) is 0 Å². The van der Waals surface area contributed by atoms with Gasteiger partial charge in [0, 0.05) is 12.3 Å². The molecule has 0 spiro atoms. The Morgan fingerprint density at radius 3 is 2.25 bits per heavy atom. The van der Waals surface area contributed by atoms with Crippen LogP contribution in [0.3, 0.4) is 0 Å². The summed E-state index contributed by atoms with van der Waals surface area (Å²) >= 11 is 0. The topological polar surface area (TPSA) is 37.3 Å². The summed E-state index contributed by atoms with van der Waals surface area (Å²) in [5.41, 5.74) is 0.0532. The van der Waals surface area contributed by atoms with E-state index in [9.17, 15) is 9.90 Å². The first-order valence-electron chi connectivity index (χ1n) is 4.59. The summed E-state index contributed by atoms with van der Waals surface area (Å²) in [7, 11) is 0. The van der Waals surface area contributed by atoms with Crippen LogP contribution in [0.1, 0.15) is 33.6 Å². The highest BCUT2D eigenvalue weighted by atomic mass is 16.3. The average molecular weight is 168 g/mol. The molecule has 2 fully saturated rings. The van der Waals surface area contributed by atoms with E-state index in [1.54, 1.807) is 0 Å². The molecule has 0 aromatic heterocycles. The number of carbonyl (C=O) groups excluding carboxylic acids is 1. The molecule has 0 heterocycles. The first-order valence-corrected chi connectivity index (χ1v) is 4.59. The van der Waals surface area contributed by atoms with Crippen LogP contribution < -0.4 is 0 Å². The van der Waals surface area contributed by atoms with Crippen molar-refractivity contribution in [2.24, 2.45) is 16.7 Å². The van der Waals surface area contributed by atoms with E-state index in [0.717, 1.165) is 6.42 Å². The molecule has 0 amide bonds. The molecular weight excluding hydrogens is 152 g/mol. The van der Waals surface area contributed by atoms with Crippen molar-refractivity contribution in [3.05, 3.63) is 0 Å². The maximum absolute atomic E-state index is 11.5. The standard InChI is InChI=1S/C10H16O2/c1-9(2)8-6(11)4-10(9,3)5-7(8)12/h6,8,11H,4-5H2,1-3H3. The fourth-order valence-corrected chi connectivity index (χ4v) is 3.11. The van der Waals surface area contributed by atoms with Crippen molar-refractivity contribution in [2.75, 3.05) is 0 Å². The summed E-state index contributed by atoms with van der Waals surface area (Å²) < 4.78 is 0. The Labute approximate surface area is 73.0 Å². The van der Waals surface area contributed by atoms with Crippen LogP contribution >= 0.6 is 0 Å². The van der Waals surface area contributed by atoms with Crippen LogP contribution in [0, 0.1) is 16.7 Å². The number of fused-ring (bicyclic) bond motifs is 2. The van der Waals surface area contributed by atoms with Gasteiger partial charge >= 0.3 is 0 Å². The Bertz CT molecular complexity index is 241. The van der Waals surface area contributed by atoms with Gasteiger partial charge < -0.3 is 5.11 Å². The maximum Gasteiger partial charge on any atom is 0.139 e. The van der Waals surface area contributed by atoms with Gasteiger partial charge in [0.25, 0.3) is 0 Å². The first-order chi connectivity index (χ1) is 5.38. The van der Waals surface area contributed by atoms with Crippen LogP contribution in [0.5, 0.6) is 0 Å². The van der Waals surface area contributed by atoms with Crippen molar-refractivity contribution in [3.63, 3.8) is 0 Å². The summed E-state index contributed by atoms with van der Waals surface area (Å²) in [5.74, 6) is 0.170. The van der Waals surface area contributed by atoms with Crippen LogP contribution in [0.25, 0.3) is 0 Å². The van der Waals surface area contributed by atoms with E-state index >= 15 is 0 Å². The highest BCUT2D eigenvalue weighted by Crippen LogP contribution is 2.63. The molecule has 2 rings (SSSR count). The van der Waals surface area contributed by atoms with E-state index in [2.05, 4.69) is 20.8 Å². The number of hydrogen-bond donors (Lipinski definition) is 1. The predicted octanol–water partition coefficient (Wildman–Crippen LogP) is 1.37. The summed E-state index contributed by atoms with van der Waals surface area (Å²) in [4.78, 5) is 11.5. The number of hydrogen-bond acceptors (Lipinski definition) is 2. The van der Waals surface area contributed by atoms with Gasteiger partial charge in [-0.05, 0) is 17.3 Å². The minimum Gasteiger partial charge on any atom is -0.392 e. The third kappa shape index (κ3) is 0.674. The third-order valence-electron chi connectivity index (χ3n) is 4.29. The largest absolute Gasteiger partial charge is 0.392 e. The minimum atomic E-state index is -0.383. The molecule has 1 N–H and O–H groups in total. The zero-order valence-electron chi connectivity index (χ0n) is 7.92. The molecule has 68 valence electrons. The highest BCUT2D eigenvalue weighted by Gasteiger charge is 2.64. The SMILES string of the molecule is CC12CC(=O)C(C(O)C1)C2(C)C. The van der Waals surface area contributed by atoms with Crippen LogP contribution in [0.4, 0.5) is 0 Å². The molecule has 2 heteroatoms. The quantitative estimate of drug-likeness (QED) is 0.593. The van der Waals surface area contributed by atoms with E-state index in [4.69, 9.17) is 0 Å². The van der Waals surface area contributed by atoms with Gasteiger partial charge in [0.05, 0.1) is 6.10 Å². The molecule has 0 saturated heterocycles. The molecular formula is C10H16O2. The number of ketones is 1. The van der Waals surface area contributed by atoms with Crippen molar-refractivity contribution < 1.29 is 9.90 Å². The van der Waals surface area contributed by atoms with Crippen LogP contribution in [0.15, 0.2) is 0 Å². The van der Waals surface area contributed by atoms with Crippen LogP contribution in [-0.4, -0.2) is 17.0 Å². The van der Waals surface area contributed by atoms with Crippen molar-refractivity contribution in [3.8, 4) is 0 Å². The fourth-order valence-electron chi connectivity index (χ4n) is 3.11. The second kappa shape index (κ2) is 1.92. The Morgan fingerprint density at radius 2 is 2.00 bits per heavy atom. The molecule has 2 aliphatic rings. The zero-order chi connectivity index (χ0) is 9.15. The van der Waals surface area contributed by atoms with E-state index in [1.807, 2.05) is 0 Å². The second-order valence-corrected chi connectivity index (χ2v) is 5.17. The molecule has 3 unspecified atom stereocenters. The van der Waals surface area contributed by atoms with Crippen molar-refractivity contribution >= 4 is 5.78 Å². The number of carbonyl (C=O) groups is 1. The van der Waals surface area contributed by atoms with E-state index in [1.165, 1.54) is 0 Å². The first kappa shape index (κ1) is 8.24. The van der Waals surface area contributed by atoms with Crippen molar-refractivity contribution in [1.29, 1.82) is 0 Å². The van der Waals surface area contributed by atoms with Gasteiger partial charge in [-0.15, -0.1) is 0 Å². The lowest BCUT2D eigenvalue weighted by atomic mass is 9.71. The lowest BCUT2D eigenvalue weighted by molar-refractivity contribution is -0.126. The van der Waals surface area contributed by atoms with Crippen molar-refractivity contribution in [1.82, 2.24) is 0 Å². The number of aliphatic hydroxyl groups is 1. The van der Waals surface area contributed by atoms with Crippen LogP contribution in [0.2, 0.25) is 0 Å². The van der Waals surface area contributed by atoms with Crippen molar-refractivity contribution in [2.45, 2.75) is 39.7 Å². The number of aliphatic hydroxyl groups excluding tert-OH is 1. The predicted molar refractivity (Wildman–Crippen MR) is 45.6 cm³/mol. The Balaban J connectivity index is 2.47. The molecule has 0 aromatic carbocycles. The summed E-state index contributed by atoms with van der Waals surface area (Å²) in [5, 5.41) is 9.67. The molecule has 2 aliphatic carbocycles. The molecule has 2 nitrogen and oxygen atoms in total. The molecule has 2 saturated carbocycles. The molecule has 0 radical (unpaired) electrons. The minimum absolute atomic E-state index is 0.00347. The van der Waals surface area contributed by atoms with Gasteiger partial charge in [-0.1, -0.05) is 20.8 Å². The number of rotatable bonds is 0. The zero-order valence-corrected chi connectivity index (χ0v) is 7.92. The van der Waals surface area contributed by atoms with E-state index < -0.39 is 0 Å². The molecule has 0 aliphatic heterocycles. The molecule has 12 heavy (non-hydrogen) atoms.